The van der Waals surface area contributed by atoms with Gasteiger partial charge in [-0.05, 0) is 56.2 Å². The first-order valence-corrected chi connectivity index (χ1v) is 11.2. The molecule has 1 saturated heterocycles. The Morgan fingerprint density at radius 3 is 2.82 bits per heavy atom. The number of benzene rings is 1. The molecule has 0 radical (unpaired) electrons. The first-order valence-electron chi connectivity index (χ1n) is 11.2. The Hall–Kier alpha value is -3.67. The van der Waals surface area contributed by atoms with Gasteiger partial charge in [0.15, 0.2) is 0 Å². The Labute approximate surface area is 192 Å². The van der Waals surface area contributed by atoms with Crippen molar-refractivity contribution in [3.05, 3.63) is 42.5 Å². The maximum Gasteiger partial charge on any atom is 0.415 e. The number of rotatable bonds is 5. The van der Waals surface area contributed by atoms with Crippen molar-refractivity contribution in [2.45, 2.75) is 51.7 Å². The molecule has 2 aliphatic rings. The Balaban J connectivity index is 1.36. The van der Waals surface area contributed by atoms with E-state index in [0.717, 1.165) is 43.3 Å². The van der Waals surface area contributed by atoms with Crippen LogP contribution in [0.4, 0.5) is 10.5 Å². The number of carbonyl (C=O) groups excluding carboxylic acids is 1. The van der Waals surface area contributed by atoms with Crippen molar-refractivity contribution in [3.63, 3.8) is 0 Å². The van der Waals surface area contributed by atoms with Gasteiger partial charge in [-0.2, -0.15) is 5.26 Å². The van der Waals surface area contributed by atoms with Gasteiger partial charge in [-0.15, -0.1) is 0 Å². The number of nitriles is 1. The van der Waals surface area contributed by atoms with Crippen LogP contribution in [0.1, 0.15) is 45.1 Å². The van der Waals surface area contributed by atoms with Gasteiger partial charge in [0.25, 0.3) is 0 Å². The molecule has 33 heavy (non-hydrogen) atoms. The molecule has 3 aromatic rings. The summed E-state index contributed by atoms with van der Waals surface area (Å²) in [4.78, 5) is 27.3. The number of nitrogens with zero attached hydrogens (tertiary/aromatic N) is 6. The average molecular weight is 447 g/mol. The number of amides is 1. The van der Waals surface area contributed by atoms with E-state index in [1.54, 1.807) is 23.4 Å². The number of imidazole rings is 1. The largest absolute Gasteiger partial charge is 0.464 e. The van der Waals surface area contributed by atoms with E-state index in [-0.39, 0.29) is 11.5 Å². The molecule has 1 aliphatic carbocycles. The van der Waals surface area contributed by atoms with Crippen LogP contribution < -0.4 is 9.64 Å². The highest BCUT2D eigenvalue weighted by Gasteiger charge is 2.51. The van der Waals surface area contributed by atoms with Crippen LogP contribution in [0.5, 0.6) is 6.01 Å². The maximum absolute atomic E-state index is 12.8. The summed E-state index contributed by atoms with van der Waals surface area (Å²) in [6.07, 6.45) is 8.24. The summed E-state index contributed by atoms with van der Waals surface area (Å²) in [5.74, 6) is 0. The number of ether oxygens (including phenoxy) is 2. The minimum atomic E-state index is -0.545. The second kappa shape index (κ2) is 8.03. The van der Waals surface area contributed by atoms with Crippen LogP contribution in [0.2, 0.25) is 0 Å². The van der Waals surface area contributed by atoms with Gasteiger partial charge < -0.3 is 14.0 Å². The number of carbonyl (C=O) groups is 1. The van der Waals surface area contributed by atoms with Gasteiger partial charge in [0, 0.05) is 6.54 Å². The van der Waals surface area contributed by atoms with E-state index < -0.39 is 5.60 Å². The average Bonchev–Trinajstić information content (AvgIpc) is 3.33. The fraction of sp³-hybridized carbons (Fsp3) is 0.458. The molecule has 3 heterocycles. The monoisotopic (exact) mass is 446 g/mol. The third kappa shape index (κ3) is 3.97. The summed E-state index contributed by atoms with van der Waals surface area (Å²) in [5.41, 5.74) is 2.42. The smallest absolute Gasteiger partial charge is 0.415 e. The van der Waals surface area contributed by atoms with E-state index in [0.29, 0.717) is 30.4 Å². The van der Waals surface area contributed by atoms with Crippen LogP contribution in [-0.4, -0.2) is 44.4 Å². The van der Waals surface area contributed by atoms with Crippen LogP contribution in [-0.2, 0) is 11.3 Å². The summed E-state index contributed by atoms with van der Waals surface area (Å²) in [6, 6.07) is 8.04. The van der Waals surface area contributed by atoms with Crippen molar-refractivity contribution in [3.8, 4) is 12.1 Å². The molecule has 2 atom stereocenters. The molecule has 9 heteroatoms. The van der Waals surface area contributed by atoms with Crippen molar-refractivity contribution in [1.82, 2.24) is 19.5 Å². The van der Waals surface area contributed by atoms with E-state index >= 15 is 0 Å². The van der Waals surface area contributed by atoms with E-state index in [9.17, 15) is 10.1 Å². The summed E-state index contributed by atoms with van der Waals surface area (Å²) in [5, 5.41) is 9.27. The summed E-state index contributed by atoms with van der Waals surface area (Å²) in [7, 11) is 0. The van der Waals surface area contributed by atoms with Gasteiger partial charge in [0.05, 0.1) is 60.2 Å². The van der Waals surface area contributed by atoms with Gasteiger partial charge in [-0.1, -0.05) is 6.92 Å². The van der Waals surface area contributed by atoms with E-state index in [4.69, 9.17) is 9.47 Å². The minimum Gasteiger partial charge on any atom is -0.464 e. The molecule has 1 aliphatic heterocycles. The first-order chi connectivity index (χ1) is 15.9. The zero-order chi connectivity index (χ0) is 23.1. The standard InChI is InChI=1S/C24H26N6O3/c1-3-32-21-26-11-18(12-27-21)30-15-24(33-22(30)31)8-4-7-23(2,13-24)14-29-16-28-19-6-5-17(10-25)9-20(19)29/h5-6,9,11-12,16H,3-4,7-8,13-15H2,1-2H3/t23-,24-/m0/s1. The summed E-state index contributed by atoms with van der Waals surface area (Å²) >= 11 is 0. The molecule has 1 spiro atoms. The van der Waals surface area contributed by atoms with Gasteiger partial charge >= 0.3 is 12.1 Å². The molecule has 0 bridgehead atoms. The fourth-order valence-electron chi connectivity index (χ4n) is 5.29. The lowest BCUT2D eigenvalue weighted by molar-refractivity contribution is -0.0264. The molecular formula is C24H26N6O3. The maximum atomic E-state index is 12.8. The SMILES string of the molecule is CCOc1ncc(N2C[C@@]3(CCC[C@](C)(Cn4cnc5ccc(C#N)cc54)C3)OC2=O)cn1. The van der Waals surface area contributed by atoms with Crippen molar-refractivity contribution in [1.29, 1.82) is 5.26 Å². The lowest BCUT2D eigenvalue weighted by Crippen LogP contribution is -2.45. The van der Waals surface area contributed by atoms with E-state index in [1.807, 2.05) is 25.4 Å². The molecule has 170 valence electrons. The highest BCUT2D eigenvalue weighted by atomic mass is 16.6. The Morgan fingerprint density at radius 2 is 2.06 bits per heavy atom. The Bertz CT molecular complexity index is 1230. The van der Waals surface area contributed by atoms with Crippen LogP contribution in [0.15, 0.2) is 36.9 Å². The van der Waals surface area contributed by atoms with E-state index in [1.165, 1.54) is 0 Å². The lowest BCUT2D eigenvalue weighted by Gasteiger charge is -2.43. The van der Waals surface area contributed by atoms with E-state index in [2.05, 4.69) is 32.5 Å². The molecule has 9 nitrogen and oxygen atoms in total. The zero-order valence-corrected chi connectivity index (χ0v) is 18.8. The van der Waals surface area contributed by atoms with Gasteiger partial charge in [-0.3, -0.25) is 4.90 Å². The highest BCUT2D eigenvalue weighted by Crippen LogP contribution is 2.47. The Morgan fingerprint density at radius 1 is 1.24 bits per heavy atom. The minimum absolute atomic E-state index is 0.0832. The second-order valence-electron chi connectivity index (χ2n) is 9.32. The van der Waals surface area contributed by atoms with Gasteiger partial charge in [0.2, 0.25) is 0 Å². The molecule has 1 amide bonds. The molecule has 1 aromatic carbocycles. The molecule has 0 N–H and O–H groups in total. The third-order valence-electron chi connectivity index (χ3n) is 6.63. The number of anilines is 1. The third-order valence-corrected chi connectivity index (χ3v) is 6.63. The highest BCUT2D eigenvalue weighted by molar-refractivity contribution is 5.90. The van der Waals surface area contributed by atoms with Crippen LogP contribution in [0, 0.1) is 16.7 Å². The van der Waals surface area contributed by atoms with Crippen molar-refractivity contribution >= 4 is 22.8 Å². The predicted octanol–water partition coefficient (Wildman–Crippen LogP) is 4.07. The molecule has 5 rings (SSSR count). The predicted molar refractivity (Wildman–Crippen MR) is 121 cm³/mol. The van der Waals surface area contributed by atoms with Gasteiger partial charge in [0.1, 0.15) is 5.60 Å². The number of aromatic nitrogens is 4. The van der Waals surface area contributed by atoms with Gasteiger partial charge in [-0.25, -0.2) is 19.7 Å². The van der Waals surface area contributed by atoms with Crippen LogP contribution >= 0.6 is 0 Å². The second-order valence-corrected chi connectivity index (χ2v) is 9.32. The number of fused-ring (bicyclic) bond motifs is 1. The molecular weight excluding hydrogens is 420 g/mol. The van der Waals surface area contributed by atoms with Crippen LogP contribution in [0.3, 0.4) is 0 Å². The molecule has 1 saturated carbocycles. The summed E-state index contributed by atoms with van der Waals surface area (Å²) < 4.78 is 13.4. The molecule has 2 fully saturated rings. The molecule has 2 aromatic heterocycles. The number of hydrogen-bond donors (Lipinski definition) is 0. The van der Waals surface area contributed by atoms with Crippen molar-refractivity contribution < 1.29 is 14.3 Å². The molecule has 0 unspecified atom stereocenters. The summed E-state index contributed by atoms with van der Waals surface area (Å²) in [6.45, 7) is 5.81. The lowest BCUT2D eigenvalue weighted by atomic mass is 9.68. The van der Waals surface area contributed by atoms with Crippen molar-refractivity contribution in [2.75, 3.05) is 18.1 Å². The zero-order valence-electron chi connectivity index (χ0n) is 18.8. The fourth-order valence-corrected chi connectivity index (χ4v) is 5.29. The Kier molecular flexibility index (Phi) is 5.16. The topological polar surface area (TPSA) is 106 Å². The quantitative estimate of drug-likeness (QED) is 0.581. The normalized spacial score (nSPS) is 24.8. The van der Waals surface area contributed by atoms with Crippen LogP contribution in [0.25, 0.3) is 11.0 Å². The number of hydrogen-bond acceptors (Lipinski definition) is 7. The first kappa shape index (κ1) is 21.2. The van der Waals surface area contributed by atoms with Crippen molar-refractivity contribution in [2.24, 2.45) is 5.41 Å².